The molecule has 33 heavy (non-hydrogen) atoms. The third kappa shape index (κ3) is 5.44. The largest absolute Gasteiger partial charge is 0.339 e. The molecule has 8 heteroatoms. The lowest BCUT2D eigenvalue weighted by Crippen LogP contribution is -2.52. The van der Waals surface area contributed by atoms with E-state index in [9.17, 15) is 18.5 Å². The Morgan fingerprint density at radius 2 is 1.70 bits per heavy atom. The first-order valence-corrected chi connectivity index (χ1v) is 12.9. The number of nitriles is 1. The molecule has 2 fully saturated rings. The molecule has 1 aliphatic carbocycles. The summed E-state index contributed by atoms with van der Waals surface area (Å²) in [5, 5.41) is 9.28. The molecule has 1 heterocycles. The van der Waals surface area contributed by atoms with Crippen molar-refractivity contribution >= 4 is 15.9 Å². The Hall–Kier alpha value is -2.73. The van der Waals surface area contributed by atoms with Crippen molar-refractivity contribution in [3.05, 3.63) is 65.7 Å². The Morgan fingerprint density at radius 1 is 1.06 bits per heavy atom. The number of benzene rings is 2. The summed E-state index contributed by atoms with van der Waals surface area (Å²) >= 11 is 0. The Kier molecular flexibility index (Phi) is 7.13. The second-order valence-corrected chi connectivity index (χ2v) is 10.8. The molecule has 0 spiro atoms. The third-order valence-electron chi connectivity index (χ3n) is 6.57. The van der Waals surface area contributed by atoms with Gasteiger partial charge in [-0.2, -0.15) is 9.57 Å². The highest BCUT2D eigenvalue weighted by atomic mass is 32.2. The summed E-state index contributed by atoms with van der Waals surface area (Å²) in [5.74, 6) is 0.694. The standard InChI is InChI=1S/C25H30N4O3S/c1-20(22-7-3-2-4-8-22)28(18-21-11-12-21)19-25(30)27-13-15-29(16-14-27)33(31,32)24-10-6-5-9-23(24)17-26/h2-10,20-21H,11-16,18-19H2,1H3. The van der Waals surface area contributed by atoms with Gasteiger partial charge in [-0.25, -0.2) is 8.42 Å². The first kappa shape index (κ1) is 23.4. The molecule has 1 unspecified atom stereocenters. The molecular weight excluding hydrogens is 436 g/mol. The number of hydrogen-bond acceptors (Lipinski definition) is 5. The first-order valence-electron chi connectivity index (χ1n) is 11.5. The van der Waals surface area contributed by atoms with E-state index in [0.29, 0.717) is 25.6 Å². The number of carbonyl (C=O) groups is 1. The van der Waals surface area contributed by atoms with Gasteiger partial charge in [-0.15, -0.1) is 0 Å². The topological polar surface area (TPSA) is 84.7 Å². The molecule has 1 saturated carbocycles. The van der Waals surface area contributed by atoms with Gasteiger partial charge in [0.2, 0.25) is 15.9 Å². The average molecular weight is 467 g/mol. The monoisotopic (exact) mass is 466 g/mol. The molecule has 2 aromatic carbocycles. The molecule has 1 aliphatic heterocycles. The summed E-state index contributed by atoms with van der Waals surface area (Å²) in [5.41, 5.74) is 1.33. The zero-order valence-electron chi connectivity index (χ0n) is 18.9. The number of carbonyl (C=O) groups excluding carboxylic acids is 1. The van der Waals surface area contributed by atoms with E-state index in [0.717, 1.165) is 6.54 Å². The molecule has 4 rings (SSSR count). The van der Waals surface area contributed by atoms with Gasteiger partial charge in [0.1, 0.15) is 6.07 Å². The fraction of sp³-hybridized carbons (Fsp3) is 0.440. The number of hydrogen-bond donors (Lipinski definition) is 0. The molecule has 2 aromatic rings. The molecule has 1 amide bonds. The first-order chi connectivity index (χ1) is 15.9. The number of nitrogens with zero attached hydrogens (tertiary/aromatic N) is 4. The van der Waals surface area contributed by atoms with Gasteiger partial charge < -0.3 is 4.90 Å². The van der Waals surface area contributed by atoms with Crippen LogP contribution in [0.1, 0.15) is 36.9 Å². The predicted octanol–water partition coefficient (Wildman–Crippen LogP) is 2.86. The summed E-state index contributed by atoms with van der Waals surface area (Å²) < 4.78 is 27.5. The van der Waals surface area contributed by atoms with Crippen LogP contribution in [0.5, 0.6) is 0 Å². The number of sulfonamides is 1. The van der Waals surface area contributed by atoms with Crippen molar-refractivity contribution in [3.8, 4) is 6.07 Å². The van der Waals surface area contributed by atoms with E-state index < -0.39 is 10.0 Å². The SMILES string of the molecule is CC(c1ccccc1)N(CC(=O)N1CCN(S(=O)(=O)c2ccccc2C#N)CC1)CC1CC1. The van der Waals surface area contributed by atoms with E-state index in [4.69, 9.17) is 0 Å². The van der Waals surface area contributed by atoms with Gasteiger partial charge in [0, 0.05) is 38.8 Å². The lowest BCUT2D eigenvalue weighted by molar-refractivity contribution is -0.134. The van der Waals surface area contributed by atoms with E-state index in [1.165, 1.54) is 34.8 Å². The van der Waals surface area contributed by atoms with E-state index in [1.54, 1.807) is 17.0 Å². The Morgan fingerprint density at radius 3 is 2.33 bits per heavy atom. The molecule has 0 aromatic heterocycles. The molecule has 0 N–H and O–H groups in total. The normalized spacial score (nSPS) is 18.2. The quantitative estimate of drug-likeness (QED) is 0.597. The van der Waals surface area contributed by atoms with E-state index in [-0.39, 0.29) is 35.5 Å². The van der Waals surface area contributed by atoms with E-state index in [2.05, 4.69) is 24.0 Å². The van der Waals surface area contributed by atoms with Crippen molar-refractivity contribution in [1.29, 1.82) is 5.26 Å². The van der Waals surface area contributed by atoms with Gasteiger partial charge in [-0.3, -0.25) is 9.69 Å². The van der Waals surface area contributed by atoms with Crippen molar-refractivity contribution in [1.82, 2.24) is 14.1 Å². The van der Waals surface area contributed by atoms with Gasteiger partial charge in [0.25, 0.3) is 0 Å². The summed E-state index contributed by atoms with van der Waals surface area (Å²) in [6.07, 6.45) is 2.43. The van der Waals surface area contributed by atoms with Crippen LogP contribution in [0.3, 0.4) is 0 Å². The minimum absolute atomic E-state index is 0.0274. The second kappa shape index (κ2) is 10.0. The Bertz CT molecular complexity index is 1120. The molecule has 7 nitrogen and oxygen atoms in total. The number of piperazine rings is 1. The zero-order valence-corrected chi connectivity index (χ0v) is 19.7. The molecule has 1 saturated heterocycles. The van der Waals surface area contributed by atoms with Crippen LogP contribution >= 0.6 is 0 Å². The van der Waals surface area contributed by atoms with Crippen LogP contribution in [-0.4, -0.2) is 67.7 Å². The molecule has 2 aliphatic rings. The highest BCUT2D eigenvalue weighted by Crippen LogP contribution is 2.33. The maximum absolute atomic E-state index is 13.1. The highest BCUT2D eigenvalue weighted by molar-refractivity contribution is 7.89. The molecule has 1 atom stereocenters. The highest BCUT2D eigenvalue weighted by Gasteiger charge is 2.33. The van der Waals surface area contributed by atoms with Crippen molar-refractivity contribution in [2.75, 3.05) is 39.3 Å². The molecule has 0 radical (unpaired) electrons. The van der Waals surface area contributed by atoms with Crippen LogP contribution in [0.25, 0.3) is 0 Å². The van der Waals surface area contributed by atoms with Crippen molar-refractivity contribution in [2.45, 2.75) is 30.7 Å². The van der Waals surface area contributed by atoms with Crippen molar-refractivity contribution in [2.24, 2.45) is 5.92 Å². The van der Waals surface area contributed by atoms with Gasteiger partial charge in [-0.05, 0) is 43.4 Å². The van der Waals surface area contributed by atoms with E-state index >= 15 is 0 Å². The summed E-state index contributed by atoms with van der Waals surface area (Å²) in [6, 6.07) is 18.6. The van der Waals surface area contributed by atoms with Gasteiger partial charge in [0.15, 0.2) is 0 Å². The fourth-order valence-electron chi connectivity index (χ4n) is 4.31. The van der Waals surface area contributed by atoms with Gasteiger partial charge >= 0.3 is 0 Å². The lowest BCUT2D eigenvalue weighted by atomic mass is 10.1. The van der Waals surface area contributed by atoms with E-state index in [1.807, 2.05) is 24.3 Å². The Labute approximate surface area is 196 Å². The maximum Gasteiger partial charge on any atom is 0.244 e. The lowest BCUT2D eigenvalue weighted by Gasteiger charge is -2.36. The fourth-order valence-corrected chi connectivity index (χ4v) is 5.87. The van der Waals surface area contributed by atoms with Gasteiger partial charge in [-0.1, -0.05) is 42.5 Å². The summed E-state index contributed by atoms with van der Waals surface area (Å²) in [6.45, 7) is 4.53. The summed E-state index contributed by atoms with van der Waals surface area (Å²) in [4.78, 5) is 17.2. The maximum atomic E-state index is 13.1. The van der Waals surface area contributed by atoms with Crippen molar-refractivity contribution in [3.63, 3.8) is 0 Å². The summed E-state index contributed by atoms with van der Waals surface area (Å²) in [7, 11) is -3.77. The van der Waals surface area contributed by atoms with Crippen molar-refractivity contribution < 1.29 is 13.2 Å². The second-order valence-electron chi connectivity index (χ2n) is 8.85. The van der Waals surface area contributed by atoms with Gasteiger partial charge in [0.05, 0.1) is 17.0 Å². The number of amides is 1. The number of rotatable bonds is 8. The van der Waals surface area contributed by atoms with Crippen LogP contribution in [0.4, 0.5) is 0 Å². The molecule has 174 valence electrons. The third-order valence-corrected chi connectivity index (χ3v) is 8.53. The molecule has 0 bridgehead atoms. The van der Waals surface area contributed by atoms with Crippen LogP contribution in [0, 0.1) is 17.2 Å². The van der Waals surface area contributed by atoms with Crippen LogP contribution in [-0.2, 0) is 14.8 Å². The minimum atomic E-state index is -3.77. The van der Waals surface area contributed by atoms with Crippen LogP contribution in [0.15, 0.2) is 59.5 Å². The predicted molar refractivity (Wildman–Crippen MR) is 126 cm³/mol. The average Bonchev–Trinajstić information content (AvgIpc) is 3.68. The molecular formula is C25H30N4O3S. The van der Waals surface area contributed by atoms with Crippen LogP contribution < -0.4 is 0 Å². The minimum Gasteiger partial charge on any atom is -0.339 e. The Balaban J connectivity index is 1.39. The smallest absolute Gasteiger partial charge is 0.244 e. The van der Waals surface area contributed by atoms with Crippen LogP contribution in [0.2, 0.25) is 0 Å². The zero-order chi connectivity index (χ0) is 23.4.